The summed E-state index contributed by atoms with van der Waals surface area (Å²) in [5, 5.41) is 0. The van der Waals surface area contributed by atoms with E-state index < -0.39 is 62.5 Å². The molecule has 0 saturated carbocycles. The zero-order valence-corrected chi connectivity index (χ0v) is 41.4. The molecule has 3 aromatic carbocycles. The van der Waals surface area contributed by atoms with Gasteiger partial charge in [0.2, 0.25) is 11.6 Å². The molecule has 3 fully saturated rings. The second kappa shape index (κ2) is 23.5. The predicted molar refractivity (Wildman–Crippen MR) is 246 cm³/mol. The van der Waals surface area contributed by atoms with Crippen molar-refractivity contribution >= 4 is 13.8 Å². The van der Waals surface area contributed by atoms with Crippen LogP contribution in [0.15, 0.2) is 91.0 Å². The summed E-state index contributed by atoms with van der Waals surface area (Å²) in [5.74, 6) is -3.05. The molecule has 6 unspecified atom stereocenters. The van der Waals surface area contributed by atoms with Crippen molar-refractivity contribution in [3.8, 4) is 0 Å². The van der Waals surface area contributed by atoms with Gasteiger partial charge < -0.3 is 42.6 Å². The molecular formula is C51H73O14P. The maximum atomic E-state index is 14.4. The van der Waals surface area contributed by atoms with Gasteiger partial charge in [-0.15, -0.1) is 0 Å². The van der Waals surface area contributed by atoms with Crippen LogP contribution in [0.4, 0.5) is 0 Å². The van der Waals surface area contributed by atoms with E-state index in [4.69, 9.17) is 56.2 Å². The molecule has 6 rings (SSSR count). The molecule has 0 radical (unpaired) electrons. The molecule has 15 heteroatoms. The number of hydrogen-bond acceptors (Lipinski definition) is 14. The van der Waals surface area contributed by atoms with Crippen molar-refractivity contribution in [1.29, 1.82) is 0 Å². The number of esters is 1. The third kappa shape index (κ3) is 13.8. The van der Waals surface area contributed by atoms with Crippen LogP contribution in [0.25, 0.3) is 0 Å². The Morgan fingerprint density at radius 3 is 1.70 bits per heavy atom. The largest absolute Gasteiger partial charge is 0.475 e. The fraction of sp³-hybridized carbons (Fsp3) is 0.627. The zero-order valence-electron chi connectivity index (χ0n) is 40.5. The Kier molecular flexibility index (Phi) is 18.6. The topological polar surface area (TPSA) is 145 Å². The van der Waals surface area contributed by atoms with Gasteiger partial charge in [0.15, 0.2) is 12.6 Å². The molecule has 3 aromatic rings. The molecule has 0 amide bonds. The van der Waals surface area contributed by atoms with Crippen LogP contribution in [0.2, 0.25) is 0 Å². The minimum Gasteiger partial charge on any atom is -0.461 e. The van der Waals surface area contributed by atoms with E-state index in [1.54, 1.807) is 28.1 Å². The van der Waals surface area contributed by atoms with E-state index in [0.717, 1.165) is 16.7 Å². The highest BCUT2D eigenvalue weighted by Crippen LogP contribution is 2.52. The van der Waals surface area contributed by atoms with Crippen molar-refractivity contribution in [2.75, 3.05) is 27.4 Å². The Bertz CT molecular complexity index is 1920. The van der Waals surface area contributed by atoms with Gasteiger partial charge in [0.05, 0.1) is 32.0 Å². The van der Waals surface area contributed by atoms with Gasteiger partial charge in [-0.25, -0.2) is 4.57 Å². The SMILES string of the molecule is COC1(C)O[C@@H]2C(CC(C)(C)C)O[C@H](OCCCCC(=O)OCc3ccccc3)C(O[C@H]3OC(COP(=O)(OCc4ccccc4)OCc4ccccc4)[C@@H](C)[C@H](C)C3C)[C@H]2OC1(C)OC. The van der Waals surface area contributed by atoms with Gasteiger partial charge in [-0.05, 0) is 67.1 Å². The van der Waals surface area contributed by atoms with Crippen molar-refractivity contribution in [3.05, 3.63) is 108 Å². The first-order valence-electron chi connectivity index (χ1n) is 23.3. The average molecular weight is 941 g/mol. The number of phosphoric acid groups is 1. The van der Waals surface area contributed by atoms with Crippen LogP contribution in [0.3, 0.4) is 0 Å². The van der Waals surface area contributed by atoms with Crippen molar-refractivity contribution in [3.63, 3.8) is 0 Å². The van der Waals surface area contributed by atoms with Crippen LogP contribution < -0.4 is 0 Å². The zero-order chi connectivity index (χ0) is 47.5. The van der Waals surface area contributed by atoms with E-state index in [-0.39, 0.29) is 68.6 Å². The first-order valence-corrected chi connectivity index (χ1v) is 24.8. The minimum absolute atomic E-state index is 0.0257. The summed E-state index contributed by atoms with van der Waals surface area (Å²) in [6.45, 7) is 16.7. The van der Waals surface area contributed by atoms with E-state index in [2.05, 4.69) is 41.5 Å². The van der Waals surface area contributed by atoms with Gasteiger partial charge in [-0.3, -0.25) is 18.4 Å². The summed E-state index contributed by atoms with van der Waals surface area (Å²) in [6.07, 6.45) is -3.18. The number of rotatable bonds is 22. The fourth-order valence-electron chi connectivity index (χ4n) is 8.50. The molecule has 0 aromatic heterocycles. The number of phosphoric ester groups is 1. The van der Waals surface area contributed by atoms with Gasteiger partial charge in [0.1, 0.15) is 24.9 Å². The van der Waals surface area contributed by atoms with Gasteiger partial charge in [0, 0.05) is 33.2 Å². The number of methoxy groups -OCH3 is 2. The van der Waals surface area contributed by atoms with E-state index in [9.17, 15) is 9.36 Å². The lowest BCUT2D eigenvalue weighted by molar-refractivity contribution is -0.486. The molecule has 0 N–H and O–H groups in total. The third-order valence-electron chi connectivity index (χ3n) is 13.2. The molecule has 12 atom stereocenters. The Balaban J connectivity index is 1.20. The van der Waals surface area contributed by atoms with Crippen LogP contribution >= 0.6 is 7.82 Å². The van der Waals surface area contributed by atoms with Gasteiger partial charge >= 0.3 is 13.8 Å². The Hall–Kier alpha value is -3.08. The first kappa shape index (κ1) is 52.3. The fourth-order valence-corrected chi connectivity index (χ4v) is 9.67. The number of fused-ring (bicyclic) bond motifs is 1. The summed E-state index contributed by atoms with van der Waals surface area (Å²) in [5.41, 5.74) is 2.41. The van der Waals surface area contributed by atoms with Crippen LogP contribution in [0, 0.1) is 23.2 Å². The van der Waals surface area contributed by atoms with E-state index in [0.29, 0.717) is 19.3 Å². The molecule has 3 heterocycles. The predicted octanol–water partition coefficient (Wildman–Crippen LogP) is 10.2. The second-order valence-electron chi connectivity index (χ2n) is 19.2. The van der Waals surface area contributed by atoms with Crippen molar-refractivity contribution in [2.45, 2.75) is 156 Å². The molecule has 3 saturated heterocycles. The molecule has 3 aliphatic heterocycles. The number of hydrogen-bond donors (Lipinski definition) is 0. The van der Waals surface area contributed by atoms with Crippen molar-refractivity contribution < 1.29 is 65.6 Å². The van der Waals surface area contributed by atoms with E-state index in [1.807, 2.05) is 91.0 Å². The summed E-state index contributed by atoms with van der Waals surface area (Å²) in [7, 11) is -1.01. The van der Waals surface area contributed by atoms with Crippen LogP contribution in [-0.2, 0) is 85.4 Å². The van der Waals surface area contributed by atoms with Crippen molar-refractivity contribution in [2.24, 2.45) is 23.2 Å². The maximum Gasteiger partial charge on any atom is 0.475 e. The molecule has 14 nitrogen and oxygen atoms in total. The number of carbonyl (C=O) groups is 1. The first-order chi connectivity index (χ1) is 31.5. The second-order valence-corrected chi connectivity index (χ2v) is 20.9. The lowest BCUT2D eigenvalue weighted by Crippen LogP contribution is -2.73. The number of benzene rings is 3. The summed E-state index contributed by atoms with van der Waals surface area (Å²) >= 11 is 0. The quantitative estimate of drug-likeness (QED) is 0.0535. The lowest BCUT2D eigenvalue weighted by atomic mass is 9.79. The maximum absolute atomic E-state index is 14.4. The summed E-state index contributed by atoms with van der Waals surface area (Å²) in [4.78, 5) is 12.6. The highest BCUT2D eigenvalue weighted by Gasteiger charge is 2.63. The van der Waals surface area contributed by atoms with Crippen LogP contribution in [0.1, 0.15) is 97.8 Å². The lowest BCUT2D eigenvalue weighted by Gasteiger charge is -2.58. The Morgan fingerprint density at radius 1 is 0.652 bits per heavy atom. The molecule has 3 aliphatic rings. The normalized spacial score (nSPS) is 31.5. The molecular weight excluding hydrogens is 868 g/mol. The number of ether oxygens (including phenoxy) is 9. The smallest absolute Gasteiger partial charge is 0.461 e. The van der Waals surface area contributed by atoms with Gasteiger partial charge in [-0.2, -0.15) is 0 Å². The minimum atomic E-state index is -4.12. The number of unbranched alkanes of at least 4 members (excludes halogenated alkanes) is 1. The standard InChI is InChI=1S/C51H73O14P/c1-35-36(2)42(34-60-66(53,58-32-39-24-16-12-17-25-39)59-33-40-26-18-13-19-27-40)62-47(37(35)3)63-46-45-44(64-50(7,54-9)51(8,55-10)65-45)41(30-49(4,5)6)61-48(46)56-29-21-20-28-43(52)57-31-38-22-14-11-15-23-38/h11-19,22-27,35-37,41-42,44-48H,20-21,28-34H2,1-10H3/t35-,36-,37?,41?,42?,44+,45-,46?,47+,48-,50?,51?/m0/s1. The van der Waals surface area contributed by atoms with Crippen LogP contribution in [0.5, 0.6) is 0 Å². The van der Waals surface area contributed by atoms with Crippen LogP contribution in [-0.4, -0.2) is 88.1 Å². The molecule has 66 heavy (non-hydrogen) atoms. The highest BCUT2D eigenvalue weighted by atomic mass is 31.2. The van der Waals surface area contributed by atoms with E-state index in [1.165, 1.54) is 0 Å². The summed E-state index contributed by atoms with van der Waals surface area (Å²) in [6, 6.07) is 28.5. The molecule has 366 valence electrons. The van der Waals surface area contributed by atoms with E-state index >= 15 is 0 Å². The highest BCUT2D eigenvalue weighted by molar-refractivity contribution is 7.48. The Labute approximate surface area is 392 Å². The molecule has 0 bridgehead atoms. The van der Waals surface area contributed by atoms with Gasteiger partial charge in [0.25, 0.3) is 0 Å². The molecule has 0 aliphatic carbocycles. The van der Waals surface area contributed by atoms with Gasteiger partial charge in [-0.1, -0.05) is 133 Å². The van der Waals surface area contributed by atoms with Crippen molar-refractivity contribution in [1.82, 2.24) is 0 Å². The Morgan fingerprint density at radius 2 is 1.17 bits per heavy atom. The third-order valence-corrected chi connectivity index (χ3v) is 14.5. The average Bonchev–Trinajstić information content (AvgIpc) is 3.31. The molecule has 0 spiro atoms. The number of carbonyl (C=O) groups excluding carboxylic acids is 1. The monoisotopic (exact) mass is 940 g/mol. The summed E-state index contributed by atoms with van der Waals surface area (Å²) < 4.78 is 91.0.